The summed E-state index contributed by atoms with van der Waals surface area (Å²) < 4.78 is 15.1. The van der Waals surface area contributed by atoms with Crippen LogP contribution in [0.1, 0.15) is 10.4 Å². The largest absolute Gasteiger partial charge is 0.478 e. The molecule has 6 heteroatoms. The average Bonchev–Trinajstić information content (AvgIpc) is 2.80. The maximum atomic E-state index is 13.4. The maximum absolute atomic E-state index is 13.4. The Morgan fingerprint density at radius 1 is 1.53 bits per heavy atom. The molecular formula is C11H9FN2O2S. The van der Waals surface area contributed by atoms with E-state index in [0.29, 0.717) is 10.8 Å². The van der Waals surface area contributed by atoms with Crippen molar-refractivity contribution in [2.45, 2.75) is 10.8 Å². The van der Waals surface area contributed by atoms with E-state index in [9.17, 15) is 9.18 Å². The number of thioether (sulfide) groups is 1. The molecule has 2 rings (SSSR count). The summed E-state index contributed by atoms with van der Waals surface area (Å²) in [6.07, 6.45) is 3.39. The Kier molecular flexibility index (Phi) is 3.43. The van der Waals surface area contributed by atoms with Crippen LogP contribution < -0.4 is 0 Å². The topological polar surface area (TPSA) is 55.1 Å². The molecule has 1 N–H and O–H groups in total. The molecule has 88 valence electrons. The molecule has 1 aromatic heterocycles. The first-order valence-electron chi connectivity index (χ1n) is 4.80. The van der Waals surface area contributed by atoms with Gasteiger partial charge in [-0.25, -0.2) is 9.18 Å². The third-order valence-corrected chi connectivity index (χ3v) is 3.11. The van der Waals surface area contributed by atoms with Crippen molar-refractivity contribution >= 4 is 17.7 Å². The van der Waals surface area contributed by atoms with E-state index in [-0.39, 0.29) is 5.56 Å². The van der Waals surface area contributed by atoms with Gasteiger partial charge in [0, 0.05) is 17.3 Å². The van der Waals surface area contributed by atoms with Gasteiger partial charge in [0.05, 0.1) is 11.4 Å². The standard InChI is InChI=1S/C11H9FN2O2S/c12-9-3-2-8(11(15)16)6-10(9)17-7-14-5-1-4-13-14/h1-6H,7H2,(H,15,16). The lowest BCUT2D eigenvalue weighted by Gasteiger charge is -2.04. The van der Waals surface area contributed by atoms with Crippen molar-refractivity contribution in [3.8, 4) is 0 Å². The van der Waals surface area contributed by atoms with Crippen molar-refractivity contribution in [3.63, 3.8) is 0 Å². The van der Waals surface area contributed by atoms with Crippen LogP contribution in [0.3, 0.4) is 0 Å². The molecule has 1 aromatic carbocycles. The van der Waals surface area contributed by atoms with Crippen molar-refractivity contribution in [2.24, 2.45) is 0 Å². The summed E-state index contributed by atoms with van der Waals surface area (Å²) >= 11 is 1.20. The van der Waals surface area contributed by atoms with Gasteiger partial charge >= 0.3 is 5.97 Å². The lowest BCUT2D eigenvalue weighted by molar-refractivity contribution is 0.0696. The van der Waals surface area contributed by atoms with E-state index < -0.39 is 11.8 Å². The minimum atomic E-state index is -1.06. The summed E-state index contributed by atoms with van der Waals surface area (Å²) in [5.41, 5.74) is 0.0781. The molecule has 0 aliphatic heterocycles. The Balaban J connectivity index is 2.14. The van der Waals surface area contributed by atoms with Gasteiger partial charge < -0.3 is 5.11 Å². The zero-order chi connectivity index (χ0) is 12.3. The van der Waals surface area contributed by atoms with E-state index in [4.69, 9.17) is 5.11 Å². The molecular weight excluding hydrogens is 243 g/mol. The van der Waals surface area contributed by atoms with Crippen LogP contribution in [0.5, 0.6) is 0 Å². The molecule has 0 saturated carbocycles. The first kappa shape index (κ1) is 11.7. The summed E-state index contributed by atoms with van der Waals surface area (Å²) in [7, 11) is 0. The molecule has 4 nitrogen and oxygen atoms in total. The van der Waals surface area contributed by atoms with Crippen LogP contribution in [-0.4, -0.2) is 20.9 Å². The molecule has 0 saturated heterocycles. The number of aromatic nitrogens is 2. The predicted octanol–water partition coefficient (Wildman–Crippen LogP) is 2.47. The van der Waals surface area contributed by atoms with Gasteiger partial charge in [0.1, 0.15) is 5.82 Å². The summed E-state index contributed by atoms with van der Waals surface area (Å²) in [5, 5.41) is 12.8. The lowest BCUT2D eigenvalue weighted by Crippen LogP contribution is -1.99. The Bertz CT molecular complexity index is 528. The fourth-order valence-corrected chi connectivity index (χ4v) is 2.10. The number of carbonyl (C=O) groups is 1. The van der Waals surface area contributed by atoms with Crippen molar-refractivity contribution in [1.82, 2.24) is 9.78 Å². The van der Waals surface area contributed by atoms with E-state index in [1.165, 1.54) is 23.9 Å². The summed E-state index contributed by atoms with van der Waals surface area (Å²) in [6.45, 7) is 0. The first-order chi connectivity index (χ1) is 8.16. The number of carboxylic acids is 1. The number of hydrogen-bond acceptors (Lipinski definition) is 3. The van der Waals surface area contributed by atoms with Gasteiger partial charge in [-0.2, -0.15) is 5.10 Å². The smallest absolute Gasteiger partial charge is 0.335 e. The summed E-state index contributed by atoms with van der Waals surface area (Å²) in [5.74, 6) is -1.05. The van der Waals surface area contributed by atoms with Crippen LogP contribution >= 0.6 is 11.8 Å². The highest BCUT2D eigenvalue weighted by Crippen LogP contribution is 2.24. The Morgan fingerprint density at radius 3 is 3.00 bits per heavy atom. The number of hydrogen-bond donors (Lipinski definition) is 1. The summed E-state index contributed by atoms with van der Waals surface area (Å²) in [6, 6.07) is 5.50. The third-order valence-electron chi connectivity index (χ3n) is 2.09. The monoisotopic (exact) mass is 252 g/mol. The number of halogens is 1. The quantitative estimate of drug-likeness (QED) is 0.849. The van der Waals surface area contributed by atoms with Crippen LogP contribution in [0.2, 0.25) is 0 Å². The van der Waals surface area contributed by atoms with Crippen molar-refractivity contribution in [1.29, 1.82) is 0 Å². The molecule has 0 spiro atoms. The van der Waals surface area contributed by atoms with Gasteiger partial charge in [-0.3, -0.25) is 4.68 Å². The second-order valence-corrected chi connectivity index (χ2v) is 4.26. The van der Waals surface area contributed by atoms with E-state index in [0.717, 1.165) is 6.07 Å². The second-order valence-electron chi connectivity index (χ2n) is 3.27. The Hall–Kier alpha value is -1.82. The van der Waals surface area contributed by atoms with E-state index >= 15 is 0 Å². The molecule has 0 bridgehead atoms. The zero-order valence-electron chi connectivity index (χ0n) is 8.71. The van der Waals surface area contributed by atoms with Gasteiger partial charge in [-0.1, -0.05) is 11.8 Å². The number of rotatable bonds is 4. The Labute approximate surface area is 101 Å². The van der Waals surface area contributed by atoms with Gasteiger partial charge in [0.25, 0.3) is 0 Å². The lowest BCUT2D eigenvalue weighted by atomic mass is 10.2. The number of nitrogens with zero attached hydrogens (tertiary/aromatic N) is 2. The molecule has 0 amide bonds. The molecule has 1 heterocycles. The number of aromatic carboxylic acids is 1. The maximum Gasteiger partial charge on any atom is 0.335 e. The highest BCUT2D eigenvalue weighted by molar-refractivity contribution is 7.98. The molecule has 17 heavy (non-hydrogen) atoms. The Morgan fingerprint density at radius 2 is 2.35 bits per heavy atom. The molecule has 2 aromatic rings. The van der Waals surface area contributed by atoms with Crippen LogP contribution in [0.25, 0.3) is 0 Å². The first-order valence-corrected chi connectivity index (χ1v) is 5.78. The van der Waals surface area contributed by atoms with Crippen LogP contribution in [0.4, 0.5) is 4.39 Å². The van der Waals surface area contributed by atoms with Gasteiger partial charge in [0.15, 0.2) is 0 Å². The van der Waals surface area contributed by atoms with Crippen molar-refractivity contribution in [2.75, 3.05) is 0 Å². The zero-order valence-corrected chi connectivity index (χ0v) is 9.52. The van der Waals surface area contributed by atoms with Crippen molar-refractivity contribution < 1.29 is 14.3 Å². The third kappa shape index (κ3) is 2.85. The van der Waals surface area contributed by atoms with Crippen LogP contribution in [0, 0.1) is 5.82 Å². The van der Waals surface area contributed by atoms with Gasteiger partial charge in [-0.15, -0.1) is 0 Å². The minimum absolute atomic E-state index is 0.0781. The number of benzene rings is 1. The molecule has 0 unspecified atom stereocenters. The van der Waals surface area contributed by atoms with Gasteiger partial charge in [-0.05, 0) is 24.3 Å². The number of carboxylic acid groups (broad SMARTS) is 1. The predicted molar refractivity (Wildman–Crippen MR) is 61.4 cm³/mol. The highest BCUT2D eigenvalue weighted by Gasteiger charge is 2.08. The minimum Gasteiger partial charge on any atom is -0.478 e. The summed E-state index contributed by atoms with van der Waals surface area (Å²) in [4.78, 5) is 11.1. The normalized spacial score (nSPS) is 10.4. The van der Waals surface area contributed by atoms with E-state index in [1.807, 2.05) is 0 Å². The van der Waals surface area contributed by atoms with E-state index in [2.05, 4.69) is 5.10 Å². The van der Waals surface area contributed by atoms with Crippen LogP contribution in [0.15, 0.2) is 41.6 Å². The molecule has 0 aliphatic carbocycles. The molecule has 0 aliphatic rings. The van der Waals surface area contributed by atoms with Crippen LogP contribution in [-0.2, 0) is 5.88 Å². The van der Waals surface area contributed by atoms with E-state index in [1.54, 1.807) is 23.1 Å². The average molecular weight is 252 g/mol. The molecule has 0 fully saturated rings. The highest BCUT2D eigenvalue weighted by atomic mass is 32.2. The molecule has 0 radical (unpaired) electrons. The van der Waals surface area contributed by atoms with Gasteiger partial charge in [0.2, 0.25) is 0 Å². The SMILES string of the molecule is O=C(O)c1ccc(F)c(SCn2cccn2)c1. The fraction of sp³-hybridized carbons (Fsp3) is 0.0909. The fourth-order valence-electron chi connectivity index (χ4n) is 1.26. The van der Waals surface area contributed by atoms with Crippen molar-refractivity contribution in [3.05, 3.63) is 48.0 Å². The molecule has 0 atom stereocenters. The second kappa shape index (κ2) is 5.01.